The molecule has 2 heterocycles. The fourth-order valence-electron chi connectivity index (χ4n) is 2.63. The van der Waals surface area contributed by atoms with Crippen LogP contribution in [0.15, 0.2) is 6.07 Å². The van der Waals surface area contributed by atoms with Crippen LogP contribution in [0.5, 0.6) is 0 Å². The summed E-state index contributed by atoms with van der Waals surface area (Å²) in [4.78, 5) is 5.59. The number of thiophene rings is 1. The lowest BCUT2D eigenvalue weighted by Crippen LogP contribution is -2.19. The second kappa shape index (κ2) is 6.69. The molecule has 0 aliphatic carbocycles. The van der Waals surface area contributed by atoms with Crippen LogP contribution in [0.25, 0.3) is 0 Å². The van der Waals surface area contributed by atoms with Gasteiger partial charge in [-0.05, 0) is 50.4 Å². The normalized spacial score (nSPS) is 20.7. The van der Waals surface area contributed by atoms with E-state index < -0.39 is 0 Å². The average molecular weight is 266 g/mol. The van der Waals surface area contributed by atoms with Crippen LogP contribution in [0.1, 0.15) is 42.0 Å². The van der Waals surface area contributed by atoms with Crippen LogP contribution in [0, 0.1) is 12.8 Å². The highest BCUT2D eigenvalue weighted by Gasteiger charge is 2.19. The van der Waals surface area contributed by atoms with E-state index in [1.165, 1.54) is 35.7 Å². The van der Waals surface area contributed by atoms with E-state index in [4.69, 9.17) is 0 Å². The number of aryl methyl sites for hydroxylation is 1. The van der Waals surface area contributed by atoms with E-state index in [-0.39, 0.29) is 0 Å². The van der Waals surface area contributed by atoms with Gasteiger partial charge in [0.1, 0.15) is 0 Å². The standard InChI is InChI=1S/C15H26N2S/c1-4-6-16-9-15-8-14(13(3)18-15)11-17-7-5-12(2)10-17/h8,12,16H,4-7,9-11H2,1-3H3. The van der Waals surface area contributed by atoms with E-state index >= 15 is 0 Å². The van der Waals surface area contributed by atoms with Gasteiger partial charge in [-0.1, -0.05) is 13.8 Å². The summed E-state index contributed by atoms with van der Waals surface area (Å²) >= 11 is 1.96. The van der Waals surface area contributed by atoms with Gasteiger partial charge in [-0.25, -0.2) is 0 Å². The van der Waals surface area contributed by atoms with Crippen LogP contribution in [0.2, 0.25) is 0 Å². The first-order chi connectivity index (χ1) is 8.69. The predicted molar refractivity (Wildman–Crippen MR) is 80.1 cm³/mol. The van der Waals surface area contributed by atoms with Crippen LogP contribution in [0.3, 0.4) is 0 Å². The summed E-state index contributed by atoms with van der Waals surface area (Å²) in [6, 6.07) is 2.41. The second-order valence-corrected chi connectivity index (χ2v) is 6.94. The predicted octanol–water partition coefficient (Wildman–Crippen LogP) is 3.40. The van der Waals surface area contributed by atoms with Crippen molar-refractivity contribution in [2.24, 2.45) is 5.92 Å². The minimum atomic E-state index is 0.884. The van der Waals surface area contributed by atoms with Gasteiger partial charge in [0, 0.05) is 29.4 Å². The molecule has 2 rings (SSSR count). The second-order valence-electron chi connectivity index (χ2n) is 5.60. The molecule has 1 unspecified atom stereocenters. The molecular formula is C15H26N2S. The SMILES string of the molecule is CCCNCc1cc(CN2CCC(C)C2)c(C)s1. The highest BCUT2D eigenvalue weighted by molar-refractivity contribution is 7.12. The zero-order valence-corrected chi connectivity index (χ0v) is 12.8. The molecule has 1 atom stereocenters. The molecule has 1 fully saturated rings. The maximum absolute atomic E-state index is 3.49. The van der Waals surface area contributed by atoms with Crippen molar-refractivity contribution in [3.05, 3.63) is 21.4 Å². The van der Waals surface area contributed by atoms with Crippen LogP contribution >= 0.6 is 11.3 Å². The lowest BCUT2D eigenvalue weighted by Gasteiger charge is -2.14. The Kier molecular flexibility index (Phi) is 5.22. The Morgan fingerprint density at radius 1 is 1.50 bits per heavy atom. The highest BCUT2D eigenvalue weighted by Crippen LogP contribution is 2.25. The largest absolute Gasteiger partial charge is 0.312 e. The zero-order chi connectivity index (χ0) is 13.0. The number of nitrogens with one attached hydrogen (secondary N) is 1. The number of likely N-dealkylation sites (tertiary alicyclic amines) is 1. The van der Waals surface area contributed by atoms with Crippen molar-refractivity contribution in [2.45, 2.75) is 46.7 Å². The van der Waals surface area contributed by atoms with E-state index in [0.29, 0.717) is 0 Å². The summed E-state index contributed by atoms with van der Waals surface area (Å²) < 4.78 is 0. The molecule has 0 aromatic carbocycles. The van der Waals surface area contributed by atoms with E-state index in [9.17, 15) is 0 Å². The van der Waals surface area contributed by atoms with Crippen molar-refractivity contribution in [2.75, 3.05) is 19.6 Å². The first kappa shape index (κ1) is 14.0. The molecule has 0 radical (unpaired) electrons. The third-order valence-electron chi connectivity index (χ3n) is 3.70. The van der Waals surface area contributed by atoms with Gasteiger partial charge in [-0.3, -0.25) is 4.90 Å². The summed E-state index contributed by atoms with van der Waals surface area (Å²) in [7, 11) is 0. The molecule has 1 aromatic rings. The molecule has 0 saturated carbocycles. The molecule has 1 saturated heterocycles. The first-order valence-electron chi connectivity index (χ1n) is 7.20. The van der Waals surface area contributed by atoms with Gasteiger partial charge in [0.2, 0.25) is 0 Å². The topological polar surface area (TPSA) is 15.3 Å². The highest BCUT2D eigenvalue weighted by atomic mass is 32.1. The quantitative estimate of drug-likeness (QED) is 0.794. The van der Waals surface area contributed by atoms with Crippen LogP contribution in [0.4, 0.5) is 0 Å². The molecule has 0 bridgehead atoms. The minimum Gasteiger partial charge on any atom is -0.312 e. The fourth-order valence-corrected chi connectivity index (χ4v) is 3.65. The van der Waals surface area contributed by atoms with E-state index in [1.807, 2.05) is 11.3 Å². The van der Waals surface area contributed by atoms with Gasteiger partial charge in [-0.15, -0.1) is 11.3 Å². The van der Waals surface area contributed by atoms with Gasteiger partial charge in [0.25, 0.3) is 0 Å². The third-order valence-corrected chi connectivity index (χ3v) is 4.79. The summed E-state index contributed by atoms with van der Waals surface area (Å²) in [6.45, 7) is 12.7. The molecule has 0 spiro atoms. The molecule has 1 N–H and O–H groups in total. The van der Waals surface area contributed by atoms with Crippen LogP contribution in [-0.4, -0.2) is 24.5 Å². The van der Waals surface area contributed by atoms with E-state index in [0.717, 1.165) is 25.6 Å². The maximum atomic E-state index is 3.49. The van der Waals surface area contributed by atoms with Crippen LogP contribution in [-0.2, 0) is 13.1 Å². The monoisotopic (exact) mass is 266 g/mol. The molecule has 2 nitrogen and oxygen atoms in total. The lowest BCUT2D eigenvalue weighted by atomic mass is 10.2. The Hall–Kier alpha value is -0.380. The summed E-state index contributed by atoms with van der Waals surface area (Å²) in [6.07, 6.45) is 2.58. The molecule has 0 amide bonds. The number of hydrogen-bond acceptors (Lipinski definition) is 3. The fraction of sp³-hybridized carbons (Fsp3) is 0.733. The Bertz CT molecular complexity index is 373. The number of rotatable bonds is 6. The minimum absolute atomic E-state index is 0.884. The van der Waals surface area contributed by atoms with Gasteiger partial charge in [-0.2, -0.15) is 0 Å². The molecule has 1 aromatic heterocycles. The van der Waals surface area contributed by atoms with E-state index in [2.05, 4.69) is 37.1 Å². The summed E-state index contributed by atoms with van der Waals surface area (Å²) in [5.41, 5.74) is 1.54. The molecular weight excluding hydrogens is 240 g/mol. The number of nitrogens with zero attached hydrogens (tertiary/aromatic N) is 1. The Morgan fingerprint density at radius 2 is 2.33 bits per heavy atom. The molecule has 102 valence electrons. The molecule has 18 heavy (non-hydrogen) atoms. The Balaban J connectivity index is 1.88. The Morgan fingerprint density at radius 3 is 3.00 bits per heavy atom. The Labute approximate surface area is 115 Å². The zero-order valence-electron chi connectivity index (χ0n) is 12.0. The van der Waals surface area contributed by atoms with E-state index in [1.54, 1.807) is 5.56 Å². The number of hydrogen-bond donors (Lipinski definition) is 1. The lowest BCUT2D eigenvalue weighted by molar-refractivity contribution is 0.320. The van der Waals surface area contributed by atoms with Gasteiger partial charge in [0.15, 0.2) is 0 Å². The first-order valence-corrected chi connectivity index (χ1v) is 8.02. The maximum Gasteiger partial charge on any atom is 0.0299 e. The van der Waals surface area contributed by atoms with Gasteiger partial charge >= 0.3 is 0 Å². The van der Waals surface area contributed by atoms with Gasteiger partial charge in [0.05, 0.1) is 0 Å². The molecule has 1 aliphatic heterocycles. The smallest absolute Gasteiger partial charge is 0.0299 e. The van der Waals surface area contributed by atoms with Crippen molar-refractivity contribution in [3.8, 4) is 0 Å². The van der Waals surface area contributed by atoms with Crippen molar-refractivity contribution in [1.82, 2.24) is 10.2 Å². The average Bonchev–Trinajstić information content (AvgIpc) is 2.88. The molecule has 1 aliphatic rings. The summed E-state index contributed by atoms with van der Waals surface area (Å²) in [5, 5.41) is 3.49. The van der Waals surface area contributed by atoms with Crippen molar-refractivity contribution in [3.63, 3.8) is 0 Å². The van der Waals surface area contributed by atoms with Crippen molar-refractivity contribution >= 4 is 11.3 Å². The third kappa shape index (κ3) is 3.81. The van der Waals surface area contributed by atoms with Crippen molar-refractivity contribution < 1.29 is 0 Å². The van der Waals surface area contributed by atoms with Gasteiger partial charge < -0.3 is 5.32 Å². The van der Waals surface area contributed by atoms with Crippen molar-refractivity contribution in [1.29, 1.82) is 0 Å². The van der Waals surface area contributed by atoms with Crippen LogP contribution < -0.4 is 5.32 Å². The molecule has 3 heteroatoms. The summed E-state index contributed by atoms with van der Waals surface area (Å²) in [5.74, 6) is 0.884.